The molecule has 0 aromatic heterocycles. The second-order valence-corrected chi connectivity index (χ2v) is 5.37. The van der Waals surface area contributed by atoms with E-state index >= 15 is 0 Å². The molecule has 0 aliphatic carbocycles. The van der Waals surface area contributed by atoms with Crippen LogP contribution in [0.1, 0.15) is 33.6 Å². The van der Waals surface area contributed by atoms with Crippen molar-refractivity contribution in [1.82, 2.24) is 0 Å². The van der Waals surface area contributed by atoms with Crippen LogP contribution in [0.15, 0.2) is 0 Å². The molecular formula is C10H23O8P. The lowest BCUT2D eigenvalue weighted by Gasteiger charge is -2.23. The van der Waals surface area contributed by atoms with E-state index in [0.717, 1.165) is 12.8 Å². The Hall–Kier alpha value is -0.0500. The summed E-state index contributed by atoms with van der Waals surface area (Å²) < 4.78 is 30.7. The second-order valence-electron chi connectivity index (χ2n) is 3.85. The number of unbranched alkanes of at least 4 members (excludes halogenated alkanes) is 1. The third-order valence-electron chi connectivity index (χ3n) is 1.72. The highest BCUT2D eigenvalue weighted by molar-refractivity contribution is 7.48. The molecule has 3 atom stereocenters. The molecule has 0 radical (unpaired) electrons. The highest BCUT2D eigenvalue weighted by Crippen LogP contribution is 2.51. The normalized spacial score (nSPS) is 19.7. The first-order valence-electron chi connectivity index (χ1n) is 6.06. The summed E-state index contributed by atoms with van der Waals surface area (Å²) in [5.74, 6) is 0. The van der Waals surface area contributed by atoms with E-state index in [9.17, 15) is 9.67 Å². The van der Waals surface area contributed by atoms with E-state index < -0.39 is 26.7 Å². The summed E-state index contributed by atoms with van der Waals surface area (Å²) in [6.07, 6.45) is -2.69. The first kappa shape index (κ1) is 18.9. The van der Waals surface area contributed by atoms with Crippen LogP contribution in [0.3, 0.4) is 0 Å². The Morgan fingerprint density at radius 1 is 1.05 bits per heavy atom. The number of phosphoric acid groups is 1. The predicted molar refractivity (Wildman–Crippen MR) is 66.0 cm³/mol. The lowest BCUT2D eigenvalue weighted by Crippen LogP contribution is -2.22. The van der Waals surface area contributed by atoms with Crippen molar-refractivity contribution < 1.29 is 38.2 Å². The molecule has 0 saturated heterocycles. The Morgan fingerprint density at radius 2 is 1.58 bits per heavy atom. The molecule has 116 valence electrons. The number of rotatable bonds is 11. The number of aliphatic hydroxyl groups excluding tert-OH is 3. The zero-order valence-electron chi connectivity index (χ0n) is 11.4. The van der Waals surface area contributed by atoms with Gasteiger partial charge in [-0.05, 0) is 20.3 Å². The van der Waals surface area contributed by atoms with E-state index in [1.165, 1.54) is 13.8 Å². The molecule has 0 saturated carbocycles. The molecule has 3 N–H and O–H groups in total. The van der Waals surface area contributed by atoms with Crippen molar-refractivity contribution in [2.75, 3.05) is 13.2 Å². The van der Waals surface area contributed by atoms with Gasteiger partial charge in [0.25, 0.3) is 0 Å². The van der Waals surface area contributed by atoms with Crippen molar-refractivity contribution in [3.8, 4) is 0 Å². The van der Waals surface area contributed by atoms with Crippen LogP contribution >= 0.6 is 7.82 Å². The summed E-state index contributed by atoms with van der Waals surface area (Å²) in [5.41, 5.74) is 0. The standard InChI is InChI=1S/C10H23O8P/c1-4-5-6-15-7-10(13)18-19(14,16-8(2)11)17-9(3)12/h8-13H,4-7H2,1-3H3. The van der Waals surface area contributed by atoms with E-state index in [0.29, 0.717) is 6.61 Å². The fraction of sp³-hybridized carbons (Fsp3) is 1.00. The highest BCUT2D eigenvalue weighted by atomic mass is 31.2. The minimum atomic E-state index is -4.27. The molecule has 0 rings (SSSR count). The number of ether oxygens (including phenoxy) is 1. The summed E-state index contributed by atoms with van der Waals surface area (Å²) >= 11 is 0. The van der Waals surface area contributed by atoms with Crippen LogP contribution in [0.5, 0.6) is 0 Å². The molecular weight excluding hydrogens is 279 g/mol. The molecule has 0 aromatic rings. The summed E-state index contributed by atoms with van der Waals surface area (Å²) in [4.78, 5) is 0. The van der Waals surface area contributed by atoms with Crippen molar-refractivity contribution in [3.63, 3.8) is 0 Å². The molecule has 8 nitrogen and oxygen atoms in total. The van der Waals surface area contributed by atoms with Gasteiger partial charge in [-0.1, -0.05) is 13.3 Å². The van der Waals surface area contributed by atoms with Gasteiger partial charge in [0.1, 0.15) is 0 Å². The van der Waals surface area contributed by atoms with Gasteiger partial charge in [0.05, 0.1) is 6.61 Å². The zero-order valence-corrected chi connectivity index (χ0v) is 12.3. The van der Waals surface area contributed by atoms with Crippen molar-refractivity contribution in [1.29, 1.82) is 0 Å². The molecule has 3 unspecified atom stereocenters. The van der Waals surface area contributed by atoms with Crippen LogP contribution in [-0.2, 0) is 22.9 Å². The predicted octanol–water partition coefficient (Wildman–Crippen LogP) is 0.956. The third kappa shape index (κ3) is 10.4. The number of hydrogen-bond donors (Lipinski definition) is 3. The minimum Gasteiger partial charge on any atom is -0.376 e. The van der Waals surface area contributed by atoms with E-state index in [1.807, 2.05) is 6.92 Å². The average Bonchev–Trinajstić information content (AvgIpc) is 2.21. The second kappa shape index (κ2) is 9.79. The van der Waals surface area contributed by atoms with Gasteiger partial charge in [0, 0.05) is 6.61 Å². The van der Waals surface area contributed by atoms with Crippen LogP contribution in [0.4, 0.5) is 0 Å². The van der Waals surface area contributed by atoms with Gasteiger partial charge in [-0.15, -0.1) is 0 Å². The Labute approximate surface area is 112 Å². The molecule has 19 heavy (non-hydrogen) atoms. The van der Waals surface area contributed by atoms with Crippen molar-refractivity contribution >= 4 is 7.82 Å². The van der Waals surface area contributed by atoms with Crippen LogP contribution in [0.25, 0.3) is 0 Å². The minimum absolute atomic E-state index is 0.226. The fourth-order valence-corrected chi connectivity index (χ4v) is 2.31. The topological polar surface area (TPSA) is 115 Å². The molecule has 0 amide bonds. The fourth-order valence-electron chi connectivity index (χ4n) is 1.06. The SMILES string of the molecule is CCCCOCC(O)OP(=O)(OC(C)O)OC(C)O. The van der Waals surface area contributed by atoms with E-state index in [1.54, 1.807) is 0 Å². The highest BCUT2D eigenvalue weighted by Gasteiger charge is 2.34. The number of hydrogen-bond acceptors (Lipinski definition) is 8. The lowest BCUT2D eigenvalue weighted by atomic mass is 10.4. The maximum Gasteiger partial charge on any atom is 0.481 e. The third-order valence-corrected chi connectivity index (χ3v) is 3.34. The summed E-state index contributed by atoms with van der Waals surface area (Å²) in [6, 6.07) is 0. The molecule has 0 spiro atoms. The molecule has 0 aromatic carbocycles. The van der Waals surface area contributed by atoms with Gasteiger partial charge in [-0.3, -0.25) is 13.6 Å². The number of aliphatic hydroxyl groups is 3. The Kier molecular flexibility index (Phi) is 9.77. The summed E-state index contributed by atoms with van der Waals surface area (Å²) in [7, 11) is -4.27. The molecule has 9 heteroatoms. The quantitative estimate of drug-likeness (QED) is 0.294. The van der Waals surface area contributed by atoms with E-state index in [-0.39, 0.29) is 6.61 Å². The Balaban J connectivity index is 4.26. The maximum absolute atomic E-state index is 11.9. The molecule has 0 heterocycles. The number of phosphoric ester groups is 1. The van der Waals surface area contributed by atoms with Crippen molar-refractivity contribution in [2.45, 2.75) is 52.5 Å². The monoisotopic (exact) mass is 302 g/mol. The van der Waals surface area contributed by atoms with Crippen LogP contribution in [-0.4, -0.2) is 47.4 Å². The van der Waals surface area contributed by atoms with Gasteiger partial charge in [0.2, 0.25) is 0 Å². The van der Waals surface area contributed by atoms with Crippen molar-refractivity contribution in [3.05, 3.63) is 0 Å². The van der Waals surface area contributed by atoms with Gasteiger partial charge in [0.15, 0.2) is 18.9 Å². The van der Waals surface area contributed by atoms with Crippen LogP contribution in [0, 0.1) is 0 Å². The van der Waals surface area contributed by atoms with Gasteiger partial charge < -0.3 is 20.1 Å². The van der Waals surface area contributed by atoms with Gasteiger partial charge in [-0.25, -0.2) is 4.57 Å². The first-order valence-corrected chi connectivity index (χ1v) is 7.52. The van der Waals surface area contributed by atoms with E-state index in [2.05, 4.69) is 13.6 Å². The average molecular weight is 302 g/mol. The first-order chi connectivity index (χ1) is 8.79. The lowest BCUT2D eigenvalue weighted by molar-refractivity contribution is -0.129. The molecule has 0 aliphatic rings. The van der Waals surface area contributed by atoms with E-state index in [4.69, 9.17) is 14.9 Å². The zero-order chi connectivity index (χ0) is 14.9. The van der Waals surface area contributed by atoms with Crippen molar-refractivity contribution in [2.24, 2.45) is 0 Å². The Morgan fingerprint density at radius 3 is 2.00 bits per heavy atom. The summed E-state index contributed by atoms with van der Waals surface area (Å²) in [5, 5.41) is 27.5. The van der Waals surface area contributed by atoms with Gasteiger partial charge in [-0.2, -0.15) is 0 Å². The smallest absolute Gasteiger partial charge is 0.376 e. The molecule has 0 fully saturated rings. The van der Waals surface area contributed by atoms with Crippen LogP contribution < -0.4 is 0 Å². The van der Waals surface area contributed by atoms with Crippen LogP contribution in [0.2, 0.25) is 0 Å². The maximum atomic E-state index is 11.9. The molecule has 0 bridgehead atoms. The summed E-state index contributed by atoms with van der Waals surface area (Å²) in [6.45, 7) is 4.56. The largest absolute Gasteiger partial charge is 0.481 e. The molecule has 0 aliphatic heterocycles. The van der Waals surface area contributed by atoms with Gasteiger partial charge >= 0.3 is 7.82 Å². The Bertz CT molecular complexity index is 256.